The number of nitrogens with two attached hydrogens (primary N) is 1. The molecule has 1 fully saturated rings. The number of pyridine rings is 1. The lowest BCUT2D eigenvalue weighted by Gasteiger charge is -2.41. The number of rotatable bonds is 5. The Kier molecular flexibility index (Phi) is 4.22. The van der Waals surface area contributed by atoms with Gasteiger partial charge >= 0.3 is 0 Å². The van der Waals surface area contributed by atoms with Crippen LogP contribution in [0.3, 0.4) is 0 Å². The maximum atomic E-state index is 12.5. The van der Waals surface area contributed by atoms with Crippen molar-refractivity contribution in [3.63, 3.8) is 0 Å². The van der Waals surface area contributed by atoms with Gasteiger partial charge in [-0.1, -0.05) is 11.6 Å². The maximum absolute atomic E-state index is 12.5. The summed E-state index contributed by atoms with van der Waals surface area (Å²) >= 11 is 0. The summed E-state index contributed by atoms with van der Waals surface area (Å²) in [5.74, 6) is -0.0300. The summed E-state index contributed by atoms with van der Waals surface area (Å²) in [5.41, 5.74) is 6.04. The molecule has 1 aliphatic rings. The fourth-order valence-corrected chi connectivity index (χ4v) is 2.52. The monoisotopic (exact) mass is 276 g/mol. The SMILES string of the molecule is CN(CCc1ccncc1)C(=O)C1(/C(N)=N/O)CCC1. The first-order chi connectivity index (χ1) is 9.60. The molecule has 2 rings (SSSR count). The minimum atomic E-state index is -0.790. The van der Waals surface area contributed by atoms with Crippen molar-refractivity contribution in [1.29, 1.82) is 0 Å². The average Bonchev–Trinajstić information content (AvgIpc) is 2.44. The molecule has 0 saturated heterocycles. The van der Waals surface area contributed by atoms with Crippen LogP contribution >= 0.6 is 0 Å². The molecular formula is C14H20N4O2. The smallest absolute Gasteiger partial charge is 0.236 e. The van der Waals surface area contributed by atoms with E-state index in [1.807, 2.05) is 12.1 Å². The van der Waals surface area contributed by atoms with Crippen molar-refractivity contribution in [2.75, 3.05) is 13.6 Å². The summed E-state index contributed by atoms with van der Waals surface area (Å²) in [6, 6.07) is 3.86. The molecule has 1 aromatic heterocycles. The van der Waals surface area contributed by atoms with E-state index in [4.69, 9.17) is 10.9 Å². The predicted octanol–water partition coefficient (Wildman–Crippen LogP) is 0.999. The predicted molar refractivity (Wildman–Crippen MR) is 75.3 cm³/mol. The van der Waals surface area contributed by atoms with Gasteiger partial charge < -0.3 is 15.8 Å². The van der Waals surface area contributed by atoms with Crippen LogP contribution in [0.2, 0.25) is 0 Å². The third kappa shape index (κ3) is 2.59. The van der Waals surface area contributed by atoms with Crippen molar-refractivity contribution < 1.29 is 10.0 Å². The number of oxime groups is 1. The van der Waals surface area contributed by atoms with Gasteiger partial charge in [-0.3, -0.25) is 9.78 Å². The van der Waals surface area contributed by atoms with Crippen LogP contribution in [0.15, 0.2) is 29.7 Å². The molecule has 1 aliphatic carbocycles. The van der Waals surface area contributed by atoms with Gasteiger partial charge in [0, 0.05) is 26.0 Å². The Morgan fingerprint density at radius 1 is 1.50 bits per heavy atom. The van der Waals surface area contributed by atoms with Gasteiger partial charge in [-0.15, -0.1) is 0 Å². The van der Waals surface area contributed by atoms with E-state index in [2.05, 4.69) is 10.1 Å². The molecule has 0 aromatic carbocycles. The highest BCUT2D eigenvalue weighted by atomic mass is 16.4. The Morgan fingerprint density at radius 2 is 2.15 bits per heavy atom. The highest BCUT2D eigenvalue weighted by Gasteiger charge is 2.49. The van der Waals surface area contributed by atoms with Crippen molar-refractivity contribution >= 4 is 11.7 Å². The van der Waals surface area contributed by atoms with E-state index in [1.165, 1.54) is 0 Å². The number of nitrogens with zero attached hydrogens (tertiary/aromatic N) is 3. The largest absolute Gasteiger partial charge is 0.409 e. The molecule has 20 heavy (non-hydrogen) atoms. The van der Waals surface area contributed by atoms with Crippen molar-refractivity contribution in [1.82, 2.24) is 9.88 Å². The number of carbonyl (C=O) groups is 1. The average molecular weight is 276 g/mol. The summed E-state index contributed by atoms with van der Waals surface area (Å²) in [6.07, 6.45) is 6.47. The van der Waals surface area contributed by atoms with Crippen LogP contribution in [0.25, 0.3) is 0 Å². The molecule has 6 heteroatoms. The van der Waals surface area contributed by atoms with Crippen LogP contribution in [0.4, 0.5) is 0 Å². The van der Waals surface area contributed by atoms with Crippen LogP contribution in [0.5, 0.6) is 0 Å². The fourth-order valence-electron chi connectivity index (χ4n) is 2.52. The zero-order chi connectivity index (χ0) is 14.6. The topological polar surface area (TPSA) is 91.8 Å². The van der Waals surface area contributed by atoms with E-state index in [0.717, 1.165) is 18.4 Å². The van der Waals surface area contributed by atoms with Crippen molar-refractivity contribution in [2.45, 2.75) is 25.7 Å². The Hall–Kier alpha value is -2.11. The van der Waals surface area contributed by atoms with Gasteiger partial charge in [-0.2, -0.15) is 0 Å². The van der Waals surface area contributed by atoms with Gasteiger partial charge in [0.1, 0.15) is 5.41 Å². The zero-order valence-electron chi connectivity index (χ0n) is 11.6. The highest BCUT2D eigenvalue weighted by Crippen LogP contribution is 2.42. The molecule has 108 valence electrons. The lowest BCUT2D eigenvalue weighted by atomic mass is 9.67. The highest BCUT2D eigenvalue weighted by molar-refractivity contribution is 6.07. The second-order valence-electron chi connectivity index (χ2n) is 5.25. The molecule has 0 atom stereocenters. The Bertz CT molecular complexity index is 497. The van der Waals surface area contributed by atoms with Gasteiger partial charge in [0.2, 0.25) is 5.91 Å². The number of hydrogen-bond donors (Lipinski definition) is 2. The van der Waals surface area contributed by atoms with E-state index in [1.54, 1.807) is 24.3 Å². The number of aromatic nitrogens is 1. The van der Waals surface area contributed by atoms with E-state index < -0.39 is 5.41 Å². The molecular weight excluding hydrogens is 256 g/mol. The summed E-state index contributed by atoms with van der Waals surface area (Å²) in [5, 5.41) is 11.9. The number of amidine groups is 1. The second kappa shape index (κ2) is 5.90. The second-order valence-corrected chi connectivity index (χ2v) is 5.25. The minimum Gasteiger partial charge on any atom is -0.409 e. The van der Waals surface area contributed by atoms with Gasteiger partial charge in [-0.05, 0) is 37.0 Å². The van der Waals surface area contributed by atoms with Gasteiger partial charge in [-0.25, -0.2) is 0 Å². The first kappa shape index (κ1) is 14.3. The lowest BCUT2D eigenvalue weighted by Crippen LogP contribution is -2.54. The molecule has 3 N–H and O–H groups in total. The minimum absolute atomic E-state index is 0.0320. The first-order valence-electron chi connectivity index (χ1n) is 6.72. The van der Waals surface area contributed by atoms with Gasteiger partial charge in [0.15, 0.2) is 5.84 Å². The summed E-state index contributed by atoms with van der Waals surface area (Å²) in [7, 11) is 1.76. The van der Waals surface area contributed by atoms with Crippen molar-refractivity contribution in [2.24, 2.45) is 16.3 Å². The molecule has 0 aliphatic heterocycles. The van der Waals surface area contributed by atoms with E-state index in [-0.39, 0.29) is 11.7 Å². The van der Waals surface area contributed by atoms with Crippen molar-refractivity contribution in [3.05, 3.63) is 30.1 Å². The first-order valence-corrected chi connectivity index (χ1v) is 6.72. The van der Waals surface area contributed by atoms with Crippen LogP contribution in [0.1, 0.15) is 24.8 Å². The summed E-state index contributed by atoms with van der Waals surface area (Å²) in [4.78, 5) is 18.1. The number of carbonyl (C=O) groups excluding carboxylic acids is 1. The summed E-state index contributed by atoms with van der Waals surface area (Å²) in [6.45, 7) is 0.601. The zero-order valence-corrected chi connectivity index (χ0v) is 11.6. The molecule has 1 amide bonds. The maximum Gasteiger partial charge on any atom is 0.236 e. The summed E-state index contributed by atoms with van der Waals surface area (Å²) < 4.78 is 0. The molecule has 0 spiro atoms. The lowest BCUT2D eigenvalue weighted by molar-refractivity contribution is -0.140. The van der Waals surface area contributed by atoms with Crippen LogP contribution in [-0.2, 0) is 11.2 Å². The van der Waals surface area contributed by atoms with Gasteiger partial charge in [0.05, 0.1) is 0 Å². The number of amides is 1. The Labute approximate surface area is 118 Å². The molecule has 0 unspecified atom stereocenters. The number of likely N-dealkylation sites (N-methyl/N-ethyl adjacent to an activating group) is 1. The molecule has 1 aromatic rings. The standard InChI is InChI=1S/C14H20N4O2/c1-18(10-5-11-3-8-16-9-4-11)13(19)14(6-2-7-14)12(15)17-20/h3-4,8-9,20H,2,5-7,10H2,1H3,(H2,15,17). The van der Waals surface area contributed by atoms with Crippen molar-refractivity contribution in [3.8, 4) is 0 Å². The van der Waals surface area contributed by atoms with Crippen LogP contribution < -0.4 is 5.73 Å². The van der Waals surface area contributed by atoms with E-state index >= 15 is 0 Å². The third-order valence-electron chi connectivity index (χ3n) is 4.05. The normalized spacial score (nSPS) is 17.4. The Balaban J connectivity index is 1.98. The molecule has 1 saturated carbocycles. The fraction of sp³-hybridized carbons (Fsp3) is 0.500. The molecule has 0 radical (unpaired) electrons. The molecule has 1 heterocycles. The van der Waals surface area contributed by atoms with E-state index in [0.29, 0.717) is 19.4 Å². The third-order valence-corrected chi connectivity index (χ3v) is 4.05. The quantitative estimate of drug-likeness (QED) is 0.363. The molecule has 6 nitrogen and oxygen atoms in total. The van der Waals surface area contributed by atoms with Gasteiger partial charge in [0.25, 0.3) is 0 Å². The van der Waals surface area contributed by atoms with E-state index in [9.17, 15) is 4.79 Å². The van der Waals surface area contributed by atoms with Crippen LogP contribution in [0, 0.1) is 5.41 Å². The Morgan fingerprint density at radius 3 is 2.65 bits per heavy atom. The molecule has 0 bridgehead atoms. The van der Waals surface area contributed by atoms with Crippen LogP contribution in [-0.4, -0.2) is 40.4 Å². The number of hydrogen-bond acceptors (Lipinski definition) is 4.